The van der Waals surface area contributed by atoms with Crippen LogP contribution in [0.5, 0.6) is 0 Å². The molecule has 0 radical (unpaired) electrons. The first kappa shape index (κ1) is 48.6. The highest BCUT2D eigenvalue weighted by Crippen LogP contribution is 2.42. The van der Waals surface area contributed by atoms with E-state index in [1.165, 1.54) is 0 Å². The molecule has 2 atom stereocenters. The minimum absolute atomic E-state index is 0.258. The van der Waals surface area contributed by atoms with Crippen LogP contribution in [0.25, 0.3) is 0 Å². The molecule has 2 unspecified atom stereocenters. The van der Waals surface area contributed by atoms with E-state index >= 15 is 0 Å². The standard InChI is InChI=1S/C50H54F6N4O2/c1-29(17-13-19-31(3)21-23-35-33(5)45(61)37(25-49(35,7)8)59-39-27-57-47(55)43(53)41(39)51)15-11-12-16-30(2)18-14-20-32(4)22-24-36-34(6)46(62)38(26-50(36,9)10)60-40-28-58-48(56)44(54)42(40)52/h11-24,27-28,37-38,59-60H,25-26H2,1-10H3/b12-11+,17-13+,18-14+,23-21+,24-22+,29-15+,30-16+,31-19+,32-20+. The number of pyridine rings is 2. The third kappa shape index (κ3) is 12.3. The normalized spacial score (nSPS) is 20.7. The molecule has 0 bridgehead atoms. The second kappa shape index (κ2) is 20.7. The summed E-state index contributed by atoms with van der Waals surface area (Å²) in [6, 6.07) is -1.66. The van der Waals surface area contributed by atoms with Crippen molar-refractivity contribution in [1.82, 2.24) is 9.97 Å². The van der Waals surface area contributed by atoms with Crippen LogP contribution in [0.3, 0.4) is 0 Å². The van der Waals surface area contributed by atoms with Crippen molar-refractivity contribution in [3.05, 3.63) is 177 Å². The van der Waals surface area contributed by atoms with Crippen molar-refractivity contribution >= 4 is 22.9 Å². The Labute approximate surface area is 360 Å². The van der Waals surface area contributed by atoms with Crippen LogP contribution in [0.15, 0.2) is 142 Å². The van der Waals surface area contributed by atoms with E-state index in [-0.39, 0.29) is 22.9 Å². The summed E-state index contributed by atoms with van der Waals surface area (Å²) in [6.07, 6.45) is 29.6. The van der Waals surface area contributed by atoms with Gasteiger partial charge >= 0.3 is 0 Å². The van der Waals surface area contributed by atoms with E-state index in [0.29, 0.717) is 24.0 Å². The Morgan fingerprint density at radius 1 is 0.548 bits per heavy atom. The summed E-state index contributed by atoms with van der Waals surface area (Å²) in [5.74, 6) is -9.81. The third-order valence-electron chi connectivity index (χ3n) is 10.9. The molecule has 6 nitrogen and oxygen atoms in total. The lowest BCUT2D eigenvalue weighted by atomic mass is 9.70. The molecule has 0 amide bonds. The van der Waals surface area contributed by atoms with Gasteiger partial charge in [-0.3, -0.25) is 9.59 Å². The second-order valence-electron chi connectivity index (χ2n) is 17.0. The second-order valence-corrected chi connectivity index (χ2v) is 17.0. The molecule has 0 saturated carbocycles. The Balaban J connectivity index is 1.31. The monoisotopic (exact) mass is 856 g/mol. The number of allylic oxidation sites excluding steroid dienone is 20. The number of ketones is 2. The number of halogens is 6. The van der Waals surface area contributed by atoms with Crippen molar-refractivity contribution in [2.45, 2.75) is 94.2 Å². The summed E-state index contributed by atoms with van der Waals surface area (Å²) >= 11 is 0. The zero-order chi connectivity index (χ0) is 46.1. The molecule has 2 aliphatic rings. The molecular formula is C50H54F6N4O2. The number of Topliss-reactive ketones (excluding diaryl/α,β-unsaturated/α-hetero) is 2. The van der Waals surface area contributed by atoms with Gasteiger partial charge in [-0.15, -0.1) is 0 Å². The van der Waals surface area contributed by atoms with Gasteiger partial charge < -0.3 is 10.6 Å². The van der Waals surface area contributed by atoms with Crippen LogP contribution in [-0.4, -0.2) is 33.6 Å². The van der Waals surface area contributed by atoms with Gasteiger partial charge in [-0.05, 0) is 87.5 Å². The van der Waals surface area contributed by atoms with E-state index < -0.39 is 58.1 Å². The van der Waals surface area contributed by atoms with Crippen LogP contribution in [0.1, 0.15) is 82.1 Å². The first-order valence-electron chi connectivity index (χ1n) is 20.1. The average Bonchev–Trinajstić information content (AvgIpc) is 3.20. The third-order valence-corrected chi connectivity index (χ3v) is 10.9. The van der Waals surface area contributed by atoms with Crippen LogP contribution >= 0.6 is 0 Å². The van der Waals surface area contributed by atoms with Crippen LogP contribution < -0.4 is 10.6 Å². The smallest absolute Gasteiger partial charge is 0.252 e. The summed E-state index contributed by atoms with van der Waals surface area (Å²) in [7, 11) is 0. The lowest BCUT2D eigenvalue weighted by Crippen LogP contribution is -2.41. The predicted octanol–water partition coefficient (Wildman–Crippen LogP) is 12.8. The number of anilines is 2. The minimum Gasteiger partial charge on any atom is -0.371 e. The van der Waals surface area contributed by atoms with Crippen LogP contribution in [0, 0.1) is 46.0 Å². The first-order chi connectivity index (χ1) is 29.0. The van der Waals surface area contributed by atoms with Crippen molar-refractivity contribution in [1.29, 1.82) is 0 Å². The summed E-state index contributed by atoms with van der Waals surface area (Å²) < 4.78 is 82.6. The maximum Gasteiger partial charge on any atom is 0.252 e. The van der Waals surface area contributed by atoms with Gasteiger partial charge in [-0.2, -0.15) is 17.6 Å². The summed E-state index contributed by atoms with van der Waals surface area (Å²) in [4.78, 5) is 32.9. The van der Waals surface area contributed by atoms with Crippen molar-refractivity contribution in [2.24, 2.45) is 10.8 Å². The predicted molar refractivity (Wildman–Crippen MR) is 236 cm³/mol. The summed E-state index contributed by atoms with van der Waals surface area (Å²) in [6.45, 7) is 19.2. The molecule has 0 aliphatic heterocycles. The Kier molecular flexibility index (Phi) is 16.2. The van der Waals surface area contributed by atoms with E-state index in [1.807, 2.05) is 140 Å². The molecule has 0 aromatic carbocycles. The highest BCUT2D eigenvalue weighted by molar-refractivity contribution is 6.03. The number of nitrogens with one attached hydrogen (secondary N) is 2. The number of carbonyl (C=O) groups excluding carboxylic acids is 2. The highest BCUT2D eigenvalue weighted by atomic mass is 19.2. The molecule has 4 rings (SSSR count). The van der Waals surface area contributed by atoms with Crippen LogP contribution in [-0.2, 0) is 9.59 Å². The number of rotatable bonds is 14. The lowest BCUT2D eigenvalue weighted by Gasteiger charge is -2.37. The fraction of sp³-hybridized carbons (Fsp3) is 0.320. The summed E-state index contributed by atoms with van der Waals surface area (Å²) in [5, 5.41) is 5.43. The molecule has 0 saturated heterocycles. The van der Waals surface area contributed by atoms with Crippen molar-refractivity contribution in [3.63, 3.8) is 0 Å². The lowest BCUT2D eigenvalue weighted by molar-refractivity contribution is -0.118. The molecule has 2 aliphatic carbocycles. The quantitative estimate of drug-likeness (QED) is 0.112. The van der Waals surface area contributed by atoms with E-state index in [1.54, 1.807) is 13.8 Å². The summed E-state index contributed by atoms with van der Waals surface area (Å²) in [5.41, 5.74) is 4.96. The van der Waals surface area contributed by atoms with E-state index in [0.717, 1.165) is 45.8 Å². The number of carbonyl (C=O) groups is 2. The molecule has 2 aromatic rings. The van der Waals surface area contributed by atoms with E-state index in [4.69, 9.17) is 0 Å². The molecule has 62 heavy (non-hydrogen) atoms. The molecule has 2 heterocycles. The van der Waals surface area contributed by atoms with Crippen molar-refractivity contribution < 1.29 is 35.9 Å². The van der Waals surface area contributed by atoms with Gasteiger partial charge in [-0.1, -0.05) is 135 Å². The number of hydrogen-bond donors (Lipinski definition) is 2. The topological polar surface area (TPSA) is 84.0 Å². The molecule has 12 heteroatoms. The maximum atomic E-state index is 14.3. The Bertz CT molecular complexity index is 2270. The van der Waals surface area contributed by atoms with Gasteiger partial charge in [0.1, 0.15) is 0 Å². The Hall–Kier alpha value is -6.04. The van der Waals surface area contributed by atoms with Gasteiger partial charge in [0, 0.05) is 0 Å². The fourth-order valence-electron chi connectivity index (χ4n) is 7.40. The molecule has 2 N–H and O–H groups in total. The van der Waals surface area contributed by atoms with Gasteiger partial charge in [0.2, 0.25) is 11.6 Å². The van der Waals surface area contributed by atoms with Gasteiger partial charge in [0.25, 0.3) is 11.9 Å². The average molecular weight is 857 g/mol. The number of aromatic nitrogens is 2. The number of nitrogens with zero attached hydrogens (tertiary/aromatic N) is 2. The Morgan fingerprint density at radius 3 is 1.23 bits per heavy atom. The van der Waals surface area contributed by atoms with Crippen molar-refractivity contribution in [3.8, 4) is 0 Å². The molecule has 328 valence electrons. The van der Waals surface area contributed by atoms with Gasteiger partial charge in [-0.25, -0.2) is 18.7 Å². The fourth-order valence-corrected chi connectivity index (χ4v) is 7.40. The first-order valence-corrected chi connectivity index (χ1v) is 20.1. The zero-order valence-electron chi connectivity index (χ0n) is 36.8. The van der Waals surface area contributed by atoms with Gasteiger partial charge in [0.05, 0.1) is 35.9 Å². The molecule has 2 aromatic heterocycles. The van der Waals surface area contributed by atoms with Crippen molar-refractivity contribution in [2.75, 3.05) is 10.6 Å². The maximum absolute atomic E-state index is 14.3. The molecule has 0 fully saturated rings. The van der Waals surface area contributed by atoms with Crippen LogP contribution in [0.4, 0.5) is 37.7 Å². The van der Waals surface area contributed by atoms with Gasteiger partial charge in [0.15, 0.2) is 23.2 Å². The zero-order valence-corrected chi connectivity index (χ0v) is 36.8. The highest BCUT2D eigenvalue weighted by Gasteiger charge is 2.39. The minimum atomic E-state index is -1.69. The molecular weight excluding hydrogens is 803 g/mol. The Morgan fingerprint density at radius 2 is 0.871 bits per heavy atom. The van der Waals surface area contributed by atoms with E-state index in [9.17, 15) is 35.9 Å². The van der Waals surface area contributed by atoms with E-state index in [2.05, 4.69) is 20.6 Å². The SMILES string of the molecule is CC1=C(/C=C/C(C)=C/C=C/C(C)=C/C=C/C=C(C)/C=C/C=C(C)/C=C/C2=C(C)C(=O)C(Nc3cnc(F)c(F)c3F)CC2(C)C)C(C)(C)CC(Nc2cnc(F)c(F)c2F)C1=O. The molecule has 0 spiro atoms. The van der Waals surface area contributed by atoms with Crippen LogP contribution in [0.2, 0.25) is 0 Å². The number of hydrogen-bond acceptors (Lipinski definition) is 6. The largest absolute Gasteiger partial charge is 0.371 e.